The van der Waals surface area contributed by atoms with Crippen LogP contribution in [0.4, 0.5) is 0 Å². The summed E-state index contributed by atoms with van der Waals surface area (Å²) in [5.41, 5.74) is 5.30. The van der Waals surface area contributed by atoms with Crippen LogP contribution in [-0.4, -0.2) is 28.2 Å². The van der Waals surface area contributed by atoms with Crippen LogP contribution in [0.25, 0.3) is 33.7 Å². The quantitative estimate of drug-likeness (QED) is 0.277. The van der Waals surface area contributed by atoms with Crippen molar-refractivity contribution in [1.29, 1.82) is 0 Å². The van der Waals surface area contributed by atoms with E-state index in [4.69, 9.17) is 19.2 Å². The Kier molecular flexibility index (Phi) is 6.35. The number of aromatic amines is 1. The van der Waals surface area contributed by atoms with Crippen LogP contribution in [0.1, 0.15) is 19.4 Å². The summed E-state index contributed by atoms with van der Waals surface area (Å²) in [6, 6.07) is 25.8. The van der Waals surface area contributed by atoms with E-state index >= 15 is 0 Å². The lowest BCUT2D eigenvalue weighted by atomic mass is 10.1. The van der Waals surface area contributed by atoms with Gasteiger partial charge >= 0.3 is 0 Å². The summed E-state index contributed by atoms with van der Waals surface area (Å²) >= 11 is 0. The third-order valence-electron chi connectivity index (χ3n) is 5.57. The molecule has 0 saturated heterocycles. The minimum absolute atomic E-state index is 0.0180. The zero-order valence-electron chi connectivity index (χ0n) is 20.0. The van der Waals surface area contributed by atoms with Gasteiger partial charge in [-0.1, -0.05) is 48.5 Å². The van der Waals surface area contributed by atoms with Crippen LogP contribution in [0.2, 0.25) is 0 Å². The molecular weight excluding hydrogens is 438 g/mol. The number of H-pyrrole nitrogens is 1. The number of imidazole rings is 1. The van der Waals surface area contributed by atoms with Crippen molar-refractivity contribution in [3.8, 4) is 39.8 Å². The molecule has 35 heavy (non-hydrogen) atoms. The largest absolute Gasteiger partial charge is 0.496 e. The number of nitrogens with one attached hydrogen (secondary N) is 1. The van der Waals surface area contributed by atoms with Gasteiger partial charge in [-0.2, -0.15) is 0 Å². The molecule has 0 saturated carbocycles. The highest BCUT2D eigenvalue weighted by Gasteiger charge is 2.16. The van der Waals surface area contributed by atoms with Gasteiger partial charge in [0.1, 0.15) is 29.7 Å². The number of fused-ring (bicyclic) bond motifs is 1. The molecule has 0 aliphatic rings. The van der Waals surface area contributed by atoms with Crippen LogP contribution < -0.4 is 14.2 Å². The minimum Gasteiger partial charge on any atom is -0.496 e. The van der Waals surface area contributed by atoms with E-state index in [1.807, 2.05) is 98.9 Å². The molecule has 6 nitrogen and oxygen atoms in total. The molecule has 0 bridgehead atoms. The van der Waals surface area contributed by atoms with Gasteiger partial charge in [0.15, 0.2) is 5.65 Å². The molecule has 0 spiro atoms. The third-order valence-corrected chi connectivity index (χ3v) is 5.57. The van der Waals surface area contributed by atoms with Crippen LogP contribution in [0, 0.1) is 0 Å². The van der Waals surface area contributed by atoms with E-state index < -0.39 is 0 Å². The second-order valence-electron chi connectivity index (χ2n) is 8.48. The summed E-state index contributed by atoms with van der Waals surface area (Å²) in [7, 11) is 1.67. The van der Waals surface area contributed by atoms with Crippen molar-refractivity contribution in [3.63, 3.8) is 0 Å². The number of para-hydroxylation sites is 1. The highest BCUT2D eigenvalue weighted by Crippen LogP contribution is 2.35. The molecule has 5 rings (SSSR count). The van der Waals surface area contributed by atoms with Crippen LogP contribution >= 0.6 is 0 Å². The Bertz CT molecular complexity index is 1440. The van der Waals surface area contributed by atoms with Crippen LogP contribution in [0.5, 0.6) is 17.2 Å². The van der Waals surface area contributed by atoms with E-state index in [2.05, 4.69) is 9.97 Å². The van der Waals surface area contributed by atoms with E-state index in [1.165, 1.54) is 0 Å². The predicted octanol–water partition coefficient (Wildman–Crippen LogP) is 6.67. The maximum Gasteiger partial charge on any atom is 0.178 e. The number of aromatic nitrogens is 3. The summed E-state index contributed by atoms with van der Waals surface area (Å²) in [5, 5.41) is 0. The zero-order chi connectivity index (χ0) is 24.2. The molecule has 0 atom stereocenters. The number of pyridine rings is 1. The van der Waals surface area contributed by atoms with Crippen molar-refractivity contribution in [3.05, 3.63) is 90.6 Å². The van der Waals surface area contributed by atoms with Crippen molar-refractivity contribution in [2.75, 3.05) is 7.11 Å². The summed E-state index contributed by atoms with van der Waals surface area (Å²) in [4.78, 5) is 12.8. The molecule has 1 N–H and O–H groups in total. The zero-order valence-corrected chi connectivity index (χ0v) is 20.0. The number of benzene rings is 3. The Hall–Kier alpha value is -4.32. The molecule has 0 amide bonds. The van der Waals surface area contributed by atoms with Gasteiger partial charge in [0.25, 0.3) is 0 Å². The highest BCUT2D eigenvalue weighted by molar-refractivity contribution is 5.83. The fraction of sp³-hybridized carbons (Fsp3) is 0.172. The molecule has 0 unspecified atom stereocenters. The van der Waals surface area contributed by atoms with Gasteiger partial charge in [-0.05, 0) is 49.7 Å². The molecule has 3 aromatic carbocycles. The monoisotopic (exact) mass is 465 g/mol. The molecule has 0 radical (unpaired) electrons. The predicted molar refractivity (Wildman–Crippen MR) is 138 cm³/mol. The summed E-state index contributed by atoms with van der Waals surface area (Å²) in [6.45, 7) is 4.49. The smallest absolute Gasteiger partial charge is 0.178 e. The van der Waals surface area contributed by atoms with Gasteiger partial charge in [0.05, 0.1) is 24.3 Å². The van der Waals surface area contributed by atoms with Crippen molar-refractivity contribution in [1.82, 2.24) is 15.0 Å². The lowest BCUT2D eigenvalue weighted by Crippen LogP contribution is -2.07. The van der Waals surface area contributed by atoms with Crippen LogP contribution in [-0.2, 0) is 6.61 Å². The fourth-order valence-electron chi connectivity index (χ4n) is 3.94. The normalized spacial score (nSPS) is 11.1. The van der Waals surface area contributed by atoms with Crippen molar-refractivity contribution in [2.24, 2.45) is 0 Å². The van der Waals surface area contributed by atoms with Crippen LogP contribution in [0.3, 0.4) is 0 Å². The molecule has 0 aliphatic heterocycles. The Morgan fingerprint density at radius 3 is 2.46 bits per heavy atom. The average molecular weight is 466 g/mol. The molecule has 2 heterocycles. The number of hydrogen-bond donors (Lipinski definition) is 1. The molecule has 6 heteroatoms. The SMILES string of the molecule is COc1ccccc1-c1cnc2nc(-c3cc(OCc4ccccc4)ccc3OC(C)C)[nH]c2c1. The van der Waals surface area contributed by atoms with Gasteiger partial charge in [0.2, 0.25) is 0 Å². The lowest BCUT2D eigenvalue weighted by Gasteiger charge is -2.15. The first-order valence-corrected chi connectivity index (χ1v) is 11.6. The Balaban J connectivity index is 1.51. The number of ether oxygens (including phenoxy) is 3. The summed E-state index contributed by atoms with van der Waals surface area (Å²) < 4.78 is 17.7. The van der Waals surface area contributed by atoms with Gasteiger partial charge in [-0.3, -0.25) is 0 Å². The van der Waals surface area contributed by atoms with E-state index in [0.717, 1.165) is 45.0 Å². The lowest BCUT2D eigenvalue weighted by molar-refractivity contribution is 0.242. The number of hydrogen-bond acceptors (Lipinski definition) is 5. The van der Waals surface area contributed by atoms with E-state index in [0.29, 0.717) is 18.1 Å². The molecule has 0 fully saturated rings. The first-order valence-electron chi connectivity index (χ1n) is 11.6. The number of nitrogens with zero attached hydrogens (tertiary/aromatic N) is 2. The molecule has 0 aliphatic carbocycles. The third kappa shape index (κ3) is 4.96. The number of rotatable bonds is 8. The van der Waals surface area contributed by atoms with Gasteiger partial charge in [0, 0.05) is 17.3 Å². The molecule has 176 valence electrons. The first kappa shape index (κ1) is 22.5. The second kappa shape index (κ2) is 9.89. The average Bonchev–Trinajstić information content (AvgIpc) is 3.31. The Morgan fingerprint density at radius 1 is 0.857 bits per heavy atom. The highest BCUT2D eigenvalue weighted by atomic mass is 16.5. The second-order valence-corrected chi connectivity index (χ2v) is 8.48. The fourth-order valence-corrected chi connectivity index (χ4v) is 3.94. The van der Waals surface area contributed by atoms with Gasteiger partial charge in [-0.25, -0.2) is 9.97 Å². The minimum atomic E-state index is 0.0180. The maximum absolute atomic E-state index is 6.08. The van der Waals surface area contributed by atoms with Gasteiger partial charge < -0.3 is 19.2 Å². The standard InChI is InChI=1S/C29H27N3O3/c1-19(2)35-27-14-13-22(34-18-20-9-5-4-6-10-20)16-24(27)28-31-25-15-21(17-30-29(25)32-28)23-11-7-8-12-26(23)33-3/h4-17,19H,18H2,1-3H3,(H,30,31,32). The van der Waals surface area contributed by atoms with E-state index in [1.54, 1.807) is 7.11 Å². The summed E-state index contributed by atoms with van der Waals surface area (Å²) in [5.74, 6) is 2.94. The Morgan fingerprint density at radius 2 is 1.66 bits per heavy atom. The van der Waals surface area contributed by atoms with Gasteiger partial charge in [-0.15, -0.1) is 0 Å². The summed E-state index contributed by atoms with van der Waals surface area (Å²) in [6.07, 6.45) is 1.83. The topological polar surface area (TPSA) is 69.3 Å². The maximum atomic E-state index is 6.08. The van der Waals surface area contributed by atoms with Crippen molar-refractivity contribution in [2.45, 2.75) is 26.6 Å². The molecular formula is C29H27N3O3. The molecule has 5 aromatic rings. The van der Waals surface area contributed by atoms with Crippen molar-refractivity contribution < 1.29 is 14.2 Å². The van der Waals surface area contributed by atoms with E-state index in [9.17, 15) is 0 Å². The number of methoxy groups -OCH3 is 1. The first-order chi connectivity index (χ1) is 17.1. The van der Waals surface area contributed by atoms with Crippen molar-refractivity contribution >= 4 is 11.2 Å². The van der Waals surface area contributed by atoms with Crippen LogP contribution in [0.15, 0.2) is 85.1 Å². The molecule has 2 aromatic heterocycles. The van der Waals surface area contributed by atoms with E-state index in [-0.39, 0.29) is 6.10 Å². The Labute approximate surface area is 204 Å².